The molecule has 0 radical (unpaired) electrons. The summed E-state index contributed by atoms with van der Waals surface area (Å²) in [5.41, 5.74) is 0.596. The van der Waals surface area contributed by atoms with E-state index in [-0.39, 0.29) is 0 Å². The Bertz CT molecular complexity index is 394. The van der Waals surface area contributed by atoms with Gasteiger partial charge < -0.3 is 14.6 Å². The molecule has 0 amide bonds. The molecule has 0 aromatic heterocycles. The van der Waals surface area contributed by atoms with Crippen molar-refractivity contribution in [2.24, 2.45) is 0 Å². The highest BCUT2D eigenvalue weighted by atomic mass is 35.5. The van der Waals surface area contributed by atoms with E-state index in [9.17, 15) is 5.11 Å². The Balaban J connectivity index is 3.53. The molecule has 0 bridgehead atoms. The molecule has 0 saturated heterocycles. The highest BCUT2D eigenvalue weighted by molar-refractivity contribution is 6.32. The van der Waals surface area contributed by atoms with Gasteiger partial charge in [0.25, 0.3) is 0 Å². The molecule has 0 saturated carbocycles. The maximum atomic E-state index is 10.0. The molecule has 0 heterocycles. The fourth-order valence-corrected chi connectivity index (χ4v) is 2.05. The summed E-state index contributed by atoms with van der Waals surface area (Å²) in [6, 6.07) is 1.71. The van der Waals surface area contributed by atoms with Crippen LogP contribution < -0.4 is 9.47 Å². The van der Waals surface area contributed by atoms with E-state index in [4.69, 9.17) is 21.1 Å². The van der Waals surface area contributed by atoms with Crippen molar-refractivity contribution in [3.63, 3.8) is 0 Å². The van der Waals surface area contributed by atoms with Gasteiger partial charge in [-0.2, -0.15) is 0 Å². The Morgan fingerprint density at radius 3 is 2.06 bits per heavy atom. The second-order valence-corrected chi connectivity index (χ2v) is 4.56. The van der Waals surface area contributed by atoms with Gasteiger partial charge in [0.15, 0.2) is 11.5 Å². The van der Waals surface area contributed by atoms with Crippen LogP contribution in [0.1, 0.15) is 25.0 Å². The van der Waals surface area contributed by atoms with Gasteiger partial charge in [-0.15, -0.1) is 0 Å². The molecule has 1 aromatic rings. The topological polar surface area (TPSA) is 38.7 Å². The molecule has 0 atom stereocenters. The minimum absolute atomic E-state index is 0.432. The average molecular weight is 245 g/mol. The van der Waals surface area contributed by atoms with Crippen LogP contribution in [0, 0.1) is 6.92 Å². The first-order valence-corrected chi connectivity index (χ1v) is 5.34. The number of hydrogen-bond acceptors (Lipinski definition) is 3. The van der Waals surface area contributed by atoms with E-state index in [1.54, 1.807) is 27.0 Å². The first kappa shape index (κ1) is 13.1. The zero-order valence-corrected chi connectivity index (χ0v) is 11.0. The van der Waals surface area contributed by atoms with Gasteiger partial charge in [0, 0.05) is 5.56 Å². The van der Waals surface area contributed by atoms with Crippen LogP contribution >= 0.6 is 11.6 Å². The summed E-state index contributed by atoms with van der Waals surface area (Å²) in [7, 11) is 3.09. The van der Waals surface area contributed by atoms with Crippen molar-refractivity contribution in [2.45, 2.75) is 26.4 Å². The molecule has 1 aromatic carbocycles. The van der Waals surface area contributed by atoms with Gasteiger partial charge >= 0.3 is 0 Å². The smallest absolute Gasteiger partial charge is 0.179 e. The Morgan fingerprint density at radius 1 is 1.19 bits per heavy atom. The molecule has 16 heavy (non-hydrogen) atoms. The lowest BCUT2D eigenvalue weighted by Gasteiger charge is -2.23. The third-order valence-corrected chi connectivity index (χ3v) is 2.79. The monoisotopic (exact) mass is 244 g/mol. The van der Waals surface area contributed by atoms with E-state index in [1.165, 1.54) is 7.11 Å². The van der Waals surface area contributed by atoms with Gasteiger partial charge in [0.1, 0.15) is 0 Å². The van der Waals surface area contributed by atoms with Crippen LogP contribution in [0.5, 0.6) is 11.5 Å². The maximum Gasteiger partial charge on any atom is 0.179 e. The third kappa shape index (κ3) is 2.25. The Kier molecular flexibility index (Phi) is 3.71. The molecule has 0 fully saturated rings. The SMILES string of the molecule is COc1c(Cl)cc(C(C)(C)O)c(C)c1OC. The van der Waals surface area contributed by atoms with Gasteiger partial charge in [-0.1, -0.05) is 11.6 Å². The first-order chi connectivity index (χ1) is 7.32. The lowest BCUT2D eigenvalue weighted by molar-refractivity contribution is 0.0775. The second kappa shape index (κ2) is 4.52. The largest absolute Gasteiger partial charge is 0.493 e. The summed E-state index contributed by atoms with van der Waals surface area (Å²) < 4.78 is 10.4. The molecule has 3 nitrogen and oxygen atoms in total. The molecule has 0 aliphatic rings. The minimum Gasteiger partial charge on any atom is -0.493 e. The van der Waals surface area contributed by atoms with E-state index in [0.29, 0.717) is 16.5 Å². The number of aliphatic hydroxyl groups is 1. The van der Waals surface area contributed by atoms with E-state index in [2.05, 4.69) is 0 Å². The van der Waals surface area contributed by atoms with Crippen molar-refractivity contribution in [2.75, 3.05) is 14.2 Å². The van der Waals surface area contributed by atoms with Crippen molar-refractivity contribution >= 4 is 11.6 Å². The molecular weight excluding hydrogens is 228 g/mol. The summed E-state index contributed by atoms with van der Waals surface area (Å²) >= 11 is 6.08. The first-order valence-electron chi connectivity index (χ1n) is 4.96. The number of ether oxygens (including phenoxy) is 2. The van der Waals surface area contributed by atoms with Gasteiger partial charge in [-0.3, -0.25) is 0 Å². The van der Waals surface area contributed by atoms with Crippen molar-refractivity contribution in [1.82, 2.24) is 0 Å². The highest BCUT2D eigenvalue weighted by Gasteiger charge is 2.24. The molecule has 0 aliphatic carbocycles. The Morgan fingerprint density at radius 2 is 1.69 bits per heavy atom. The fraction of sp³-hybridized carbons (Fsp3) is 0.500. The predicted octanol–water partition coefficient (Wildman–Crippen LogP) is 2.89. The number of methoxy groups -OCH3 is 2. The van der Waals surface area contributed by atoms with Crippen LogP contribution in [0.3, 0.4) is 0 Å². The van der Waals surface area contributed by atoms with Crippen molar-refractivity contribution < 1.29 is 14.6 Å². The Labute approximate surface area is 101 Å². The minimum atomic E-state index is -0.965. The molecule has 4 heteroatoms. The normalized spacial score (nSPS) is 11.4. The molecule has 1 N–H and O–H groups in total. The van der Waals surface area contributed by atoms with Crippen molar-refractivity contribution in [3.05, 3.63) is 22.2 Å². The summed E-state index contributed by atoms with van der Waals surface area (Å²) in [6.45, 7) is 5.28. The third-order valence-electron chi connectivity index (χ3n) is 2.51. The lowest BCUT2D eigenvalue weighted by Crippen LogP contribution is -2.17. The summed E-state index contributed by atoms with van der Waals surface area (Å²) in [4.78, 5) is 0. The van der Waals surface area contributed by atoms with Crippen LogP contribution in [-0.2, 0) is 5.60 Å². The number of hydrogen-bond donors (Lipinski definition) is 1. The van der Waals surface area contributed by atoms with Gasteiger partial charge in [-0.05, 0) is 32.4 Å². The second-order valence-electron chi connectivity index (χ2n) is 4.16. The molecule has 0 aliphatic heterocycles. The molecule has 0 unspecified atom stereocenters. The maximum absolute atomic E-state index is 10.0. The number of benzene rings is 1. The summed E-state index contributed by atoms with van der Waals surface area (Å²) in [5, 5.41) is 10.5. The van der Waals surface area contributed by atoms with Gasteiger partial charge in [0.2, 0.25) is 0 Å². The number of halogens is 1. The van der Waals surface area contributed by atoms with Crippen LogP contribution in [0.15, 0.2) is 6.07 Å². The van der Waals surface area contributed by atoms with Crippen molar-refractivity contribution in [1.29, 1.82) is 0 Å². The number of rotatable bonds is 3. The van der Waals surface area contributed by atoms with Crippen molar-refractivity contribution in [3.8, 4) is 11.5 Å². The molecule has 90 valence electrons. The van der Waals surface area contributed by atoms with E-state index >= 15 is 0 Å². The fourth-order valence-electron chi connectivity index (χ4n) is 1.77. The summed E-state index contributed by atoms with van der Waals surface area (Å²) in [5.74, 6) is 1.06. The lowest BCUT2D eigenvalue weighted by atomic mass is 9.93. The molecule has 0 spiro atoms. The van der Waals surface area contributed by atoms with E-state index in [0.717, 1.165) is 11.1 Å². The predicted molar refractivity (Wildman–Crippen MR) is 64.5 cm³/mol. The van der Waals surface area contributed by atoms with Gasteiger partial charge in [-0.25, -0.2) is 0 Å². The average Bonchev–Trinajstić information content (AvgIpc) is 2.18. The van der Waals surface area contributed by atoms with Crippen LogP contribution in [-0.4, -0.2) is 19.3 Å². The van der Waals surface area contributed by atoms with Crippen LogP contribution in [0.2, 0.25) is 5.02 Å². The van der Waals surface area contributed by atoms with Gasteiger partial charge in [0.05, 0.1) is 24.8 Å². The highest BCUT2D eigenvalue weighted by Crippen LogP contribution is 2.42. The van der Waals surface area contributed by atoms with Crippen LogP contribution in [0.4, 0.5) is 0 Å². The zero-order chi connectivity index (χ0) is 12.5. The quantitative estimate of drug-likeness (QED) is 0.889. The van der Waals surface area contributed by atoms with Crippen LogP contribution in [0.25, 0.3) is 0 Å². The Hall–Kier alpha value is -0.930. The summed E-state index contributed by atoms with van der Waals surface area (Å²) in [6.07, 6.45) is 0. The molecular formula is C12H17ClO3. The molecule has 1 rings (SSSR count). The van der Waals surface area contributed by atoms with E-state index < -0.39 is 5.60 Å². The van der Waals surface area contributed by atoms with E-state index in [1.807, 2.05) is 6.92 Å². The zero-order valence-electron chi connectivity index (χ0n) is 10.2. The standard InChI is InChI=1S/C12H17ClO3/c1-7-8(12(2,3)14)6-9(13)11(16-5)10(7)15-4/h6,14H,1-5H3.